The number of thiophene rings is 1. The van der Waals surface area contributed by atoms with E-state index < -0.39 is 6.10 Å². The molecule has 106 valence electrons. The number of nitrogens with one attached hydrogen (secondary N) is 2. The van der Waals surface area contributed by atoms with E-state index in [0.717, 1.165) is 10.6 Å². The Hall–Kier alpha value is -1.56. The van der Waals surface area contributed by atoms with Gasteiger partial charge in [0, 0.05) is 17.1 Å². The van der Waals surface area contributed by atoms with Gasteiger partial charge in [0.2, 0.25) is 5.91 Å². The molecule has 2 aromatic rings. The van der Waals surface area contributed by atoms with E-state index in [-0.39, 0.29) is 19.0 Å². The van der Waals surface area contributed by atoms with Gasteiger partial charge in [0.1, 0.15) is 6.10 Å². The molecule has 4 nitrogen and oxygen atoms in total. The maximum absolute atomic E-state index is 11.6. The molecule has 0 aliphatic rings. The van der Waals surface area contributed by atoms with E-state index in [4.69, 9.17) is 11.6 Å². The molecule has 1 aromatic carbocycles. The summed E-state index contributed by atoms with van der Waals surface area (Å²) in [7, 11) is 0. The number of halogens is 1. The Morgan fingerprint density at radius 1 is 1.25 bits per heavy atom. The maximum atomic E-state index is 11.6. The Labute approximate surface area is 126 Å². The molecule has 20 heavy (non-hydrogen) atoms. The Morgan fingerprint density at radius 2 is 2.00 bits per heavy atom. The van der Waals surface area contributed by atoms with Crippen LogP contribution in [0, 0.1) is 0 Å². The lowest BCUT2D eigenvalue weighted by molar-refractivity contribution is -0.119. The molecule has 0 radical (unpaired) electrons. The molecule has 0 saturated heterocycles. The second kappa shape index (κ2) is 7.28. The summed E-state index contributed by atoms with van der Waals surface area (Å²) in [4.78, 5) is 12.4. The zero-order chi connectivity index (χ0) is 14.4. The normalized spacial score (nSPS) is 11.9. The van der Waals surface area contributed by atoms with Crippen LogP contribution < -0.4 is 10.6 Å². The number of hydrogen-bond donors (Lipinski definition) is 3. The van der Waals surface area contributed by atoms with E-state index in [9.17, 15) is 9.90 Å². The number of para-hydroxylation sites is 1. The number of aliphatic hydroxyl groups is 1. The Morgan fingerprint density at radius 3 is 2.65 bits per heavy atom. The van der Waals surface area contributed by atoms with Crippen molar-refractivity contribution in [1.29, 1.82) is 0 Å². The van der Waals surface area contributed by atoms with Gasteiger partial charge in [-0.3, -0.25) is 4.79 Å². The quantitative estimate of drug-likeness (QED) is 0.768. The van der Waals surface area contributed by atoms with Crippen LogP contribution in [0.25, 0.3) is 0 Å². The number of benzene rings is 1. The van der Waals surface area contributed by atoms with Crippen LogP contribution in [0.3, 0.4) is 0 Å². The lowest BCUT2D eigenvalue weighted by Gasteiger charge is -2.11. The number of carbonyl (C=O) groups excluding carboxylic acids is 1. The zero-order valence-electron chi connectivity index (χ0n) is 10.7. The van der Waals surface area contributed by atoms with Crippen molar-refractivity contribution in [2.45, 2.75) is 6.10 Å². The summed E-state index contributed by atoms with van der Waals surface area (Å²) >= 11 is 7.10. The number of anilines is 1. The fourth-order valence-corrected chi connectivity index (χ4v) is 2.67. The van der Waals surface area contributed by atoms with Gasteiger partial charge in [-0.2, -0.15) is 0 Å². The summed E-state index contributed by atoms with van der Waals surface area (Å²) in [6, 6.07) is 12.9. The number of rotatable bonds is 6. The zero-order valence-corrected chi connectivity index (χ0v) is 12.2. The van der Waals surface area contributed by atoms with Crippen LogP contribution in [0.5, 0.6) is 0 Å². The van der Waals surface area contributed by atoms with E-state index in [0.29, 0.717) is 4.34 Å². The van der Waals surface area contributed by atoms with Gasteiger partial charge in [-0.05, 0) is 24.3 Å². The molecule has 1 aromatic heterocycles. The second-order valence-corrected chi connectivity index (χ2v) is 5.93. The van der Waals surface area contributed by atoms with Crippen molar-refractivity contribution in [2.75, 3.05) is 18.4 Å². The molecule has 1 atom stereocenters. The molecule has 0 bridgehead atoms. The van der Waals surface area contributed by atoms with Crippen molar-refractivity contribution in [3.63, 3.8) is 0 Å². The highest BCUT2D eigenvalue weighted by Crippen LogP contribution is 2.26. The van der Waals surface area contributed by atoms with Crippen LogP contribution in [-0.4, -0.2) is 24.1 Å². The van der Waals surface area contributed by atoms with Crippen molar-refractivity contribution in [3.8, 4) is 0 Å². The van der Waals surface area contributed by atoms with Crippen molar-refractivity contribution < 1.29 is 9.90 Å². The third-order valence-corrected chi connectivity index (χ3v) is 3.97. The predicted octanol–water partition coefficient (Wildman–Crippen LogP) is 2.66. The molecule has 1 amide bonds. The van der Waals surface area contributed by atoms with Gasteiger partial charge in [-0.15, -0.1) is 11.3 Å². The standard InChI is InChI=1S/C14H15ClN2O2S/c15-13-7-6-12(20-13)11(18)8-17-14(19)9-16-10-4-2-1-3-5-10/h1-7,11,16,18H,8-9H2,(H,17,19). The van der Waals surface area contributed by atoms with E-state index in [1.165, 1.54) is 11.3 Å². The van der Waals surface area contributed by atoms with Crippen LogP contribution in [0.4, 0.5) is 5.69 Å². The molecule has 2 rings (SSSR count). The molecule has 1 unspecified atom stereocenters. The first-order valence-electron chi connectivity index (χ1n) is 6.14. The molecule has 0 saturated carbocycles. The topological polar surface area (TPSA) is 61.4 Å². The van der Waals surface area contributed by atoms with Crippen molar-refractivity contribution in [2.24, 2.45) is 0 Å². The Bertz CT molecular complexity index is 559. The maximum Gasteiger partial charge on any atom is 0.239 e. The fraction of sp³-hybridized carbons (Fsp3) is 0.214. The van der Waals surface area contributed by atoms with Crippen LogP contribution >= 0.6 is 22.9 Å². The summed E-state index contributed by atoms with van der Waals surface area (Å²) in [5, 5.41) is 15.6. The van der Waals surface area contributed by atoms with Gasteiger partial charge >= 0.3 is 0 Å². The molecule has 0 fully saturated rings. The summed E-state index contributed by atoms with van der Waals surface area (Å²) in [6.45, 7) is 0.341. The summed E-state index contributed by atoms with van der Waals surface area (Å²) in [5.74, 6) is -0.171. The van der Waals surface area contributed by atoms with Gasteiger partial charge < -0.3 is 15.7 Å². The molecule has 0 spiro atoms. The third-order valence-electron chi connectivity index (χ3n) is 2.64. The lowest BCUT2D eigenvalue weighted by atomic mass is 10.3. The average Bonchev–Trinajstić information content (AvgIpc) is 2.90. The van der Waals surface area contributed by atoms with Crippen LogP contribution in [0.15, 0.2) is 42.5 Å². The van der Waals surface area contributed by atoms with Gasteiger partial charge in [0.15, 0.2) is 0 Å². The molecule has 3 N–H and O–H groups in total. The number of aliphatic hydroxyl groups excluding tert-OH is 1. The molecular formula is C14H15ClN2O2S. The first kappa shape index (κ1) is 14.8. The summed E-state index contributed by atoms with van der Waals surface area (Å²) < 4.78 is 0.621. The van der Waals surface area contributed by atoms with E-state index in [1.54, 1.807) is 12.1 Å². The lowest BCUT2D eigenvalue weighted by Crippen LogP contribution is -2.33. The minimum absolute atomic E-state index is 0.169. The molecular weight excluding hydrogens is 296 g/mol. The largest absolute Gasteiger partial charge is 0.386 e. The van der Waals surface area contributed by atoms with Gasteiger partial charge in [0.05, 0.1) is 10.9 Å². The summed E-state index contributed by atoms with van der Waals surface area (Å²) in [5.41, 5.74) is 0.883. The molecule has 1 heterocycles. The fourth-order valence-electron chi connectivity index (χ4n) is 1.62. The SMILES string of the molecule is O=C(CNc1ccccc1)NCC(O)c1ccc(Cl)s1. The smallest absolute Gasteiger partial charge is 0.239 e. The monoisotopic (exact) mass is 310 g/mol. The molecule has 6 heteroatoms. The number of carbonyl (C=O) groups is 1. The van der Waals surface area contributed by atoms with E-state index >= 15 is 0 Å². The first-order valence-corrected chi connectivity index (χ1v) is 7.33. The minimum Gasteiger partial charge on any atom is -0.386 e. The third kappa shape index (κ3) is 4.52. The Kier molecular flexibility index (Phi) is 5.40. The van der Waals surface area contributed by atoms with Gasteiger partial charge in [-0.25, -0.2) is 0 Å². The molecule has 0 aliphatic carbocycles. The van der Waals surface area contributed by atoms with Crippen molar-refractivity contribution in [1.82, 2.24) is 5.32 Å². The highest BCUT2D eigenvalue weighted by molar-refractivity contribution is 7.16. The predicted molar refractivity (Wildman–Crippen MR) is 82.2 cm³/mol. The summed E-state index contributed by atoms with van der Waals surface area (Å²) in [6.07, 6.45) is -0.729. The highest BCUT2D eigenvalue weighted by atomic mass is 35.5. The van der Waals surface area contributed by atoms with E-state index in [1.807, 2.05) is 30.3 Å². The van der Waals surface area contributed by atoms with Crippen molar-refractivity contribution in [3.05, 3.63) is 51.7 Å². The van der Waals surface area contributed by atoms with Crippen LogP contribution in [0.1, 0.15) is 11.0 Å². The first-order chi connectivity index (χ1) is 9.65. The van der Waals surface area contributed by atoms with Crippen LogP contribution in [0.2, 0.25) is 4.34 Å². The van der Waals surface area contributed by atoms with Crippen LogP contribution in [-0.2, 0) is 4.79 Å². The second-order valence-electron chi connectivity index (χ2n) is 4.18. The number of hydrogen-bond acceptors (Lipinski definition) is 4. The minimum atomic E-state index is -0.729. The molecule has 0 aliphatic heterocycles. The van der Waals surface area contributed by atoms with Gasteiger partial charge in [0.25, 0.3) is 0 Å². The highest BCUT2D eigenvalue weighted by Gasteiger charge is 2.11. The van der Waals surface area contributed by atoms with Crippen molar-refractivity contribution >= 4 is 34.5 Å². The van der Waals surface area contributed by atoms with E-state index in [2.05, 4.69) is 10.6 Å². The average molecular weight is 311 g/mol. The number of amides is 1. The Balaban J connectivity index is 1.72. The van der Waals surface area contributed by atoms with Gasteiger partial charge in [-0.1, -0.05) is 29.8 Å².